The fourth-order valence-corrected chi connectivity index (χ4v) is 3.37. The summed E-state index contributed by atoms with van der Waals surface area (Å²) in [5.74, 6) is -1.38. The summed E-state index contributed by atoms with van der Waals surface area (Å²) in [7, 11) is 0. The highest BCUT2D eigenvalue weighted by molar-refractivity contribution is 8.15. The molecule has 3 rings (SSSR count). The number of amides is 2. The van der Waals surface area contributed by atoms with Gasteiger partial charge in [0.15, 0.2) is 5.37 Å². The topological polar surface area (TPSA) is 86.7 Å². The predicted molar refractivity (Wildman–Crippen MR) is 95.5 cm³/mol. The number of imide groups is 1. The average molecular weight is 356 g/mol. The van der Waals surface area contributed by atoms with E-state index in [1.807, 2.05) is 31.2 Å². The molecule has 2 aromatic rings. The van der Waals surface area contributed by atoms with E-state index in [1.165, 1.54) is 12.1 Å². The molecule has 1 fully saturated rings. The SMILES string of the molecule is Cc1ccc(N[C@H]2SC(=O)N(Cc3cccc(C(=O)O)c3)C2=O)cc1. The quantitative estimate of drug-likeness (QED) is 0.855. The molecule has 25 heavy (non-hydrogen) atoms. The minimum atomic E-state index is -1.05. The van der Waals surface area contributed by atoms with Crippen LogP contribution in [-0.4, -0.2) is 32.5 Å². The summed E-state index contributed by atoms with van der Waals surface area (Å²) >= 11 is 0.921. The zero-order chi connectivity index (χ0) is 18.0. The molecule has 0 spiro atoms. The third-order valence-corrected chi connectivity index (χ3v) is 4.77. The lowest BCUT2D eigenvalue weighted by Gasteiger charge is -2.15. The predicted octanol–water partition coefficient (Wildman–Crippen LogP) is 3.33. The van der Waals surface area contributed by atoms with Crippen LogP contribution in [0.3, 0.4) is 0 Å². The largest absolute Gasteiger partial charge is 0.478 e. The number of carbonyl (C=O) groups is 3. The van der Waals surface area contributed by atoms with E-state index in [9.17, 15) is 14.4 Å². The van der Waals surface area contributed by atoms with Crippen molar-refractivity contribution in [1.82, 2.24) is 4.90 Å². The van der Waals surface area contributed by atoms with E-state index in [0.29, 0.717) is 5.56 Å². The van der Waals surface area contributed by atoms with Gasteiger partial charge in [-0.2, -0.15) is 0 Å². The molecule has 128 valence electrons. The van der Waals surface area contributed by atoms with Gasteiger partial charge in [0.1, 0.15) is 0 Å². The van der Waals surface area contributed by atoms with Gasteiger partial charge in [0.2, 0.25) is 0 Å². The minimum absolute atomic E-state index is 0.0534. The number of hydrogen-bond donors (Lipinski definition) is 2. The Bertz CT molecular complexity index is 835. The van der Waals surface area contributed by atoms with Gasteiger partial charge in [-0.15, -0.1) is 0 Å². The van der Waals surface area contributed by atoms with E-state index < -0.39 is 11.3 Å². The van der Waals surface area contributed by atoms with Gasteiger partial charge in [0.05, 0.1) is 12.1 Å². The van der Waals surface area contributed by atoms with Crippen LogP contribution < -0.4 is 5.32 Å². The van der Waals surface area contributed by atoms with Gasteiger partial charge in [0.25, 0.3) is 11.1 Å². The molecule has 1 aliphatic rings. The van der Waals surface area contributed by atoms with Crippen molar-refractivity contribution >= 4 is 34.6 Å². The van der Waals surface area contributed by atoms with Gasteiger partial charge in [-0.25, -0.2) is 4.79 Å². The first-order chi connectivity index (χ1) is 11.9. The number of aromatic carboxylic acids is 1. The summed E-state index contributed by atoms with van der Waals surface area (Å²) in [6, 6.07) is 13.8. The van der Waals surface area contributed by atoms with Crippen LogP contribution in [0, 0.1) is 6.92 Å². The number of thioether (sulfide) groups is 1. The highest BCUT2D eigenvalue weighted by Gasteiger charge is 2.39. The normalized spacial score (nSPS) is 17.0. The van der Waals surface area contributed by atoms with Gasteiger partial charge >= 0.3 is 5.97 Å². The van der Waals surface area contributed by atoms with Crippen molar-refractivity contribution in [2.75, 3.05) is 5.32 Å². The molecule has 1 atom stereocenters. The van der Waals surface area contributed by atoms with Gasteiger partial charge in [-0.05, 0) is 48.5 Å². The molecular weight excluding hydrogens is 340 g/mol. The Hall–Kier alpha value is -2.80. The Morgan fingerprint density at radius 1 is 1.20 bits per heavy atom. The fraction of sp³-hybridized carbons (Fsp3) is 0.167. The van der Waals surface area contributed by atoms with E-state index in [4.69, 9.17) is 5.11 Å². The second-order valence-corrected chi connectivity index (χ2v) is 6.76. The smallest absolute Gasteiger partial charge is 0.335 e. The summed E-state index contributed by atoms with van der Waals surface area (Å²) in [6.45, 7) is 2.02. The molecule has 2 aromatic carbocycles. The molecule has 0 radical (unpaired) electrons. The molecule has 0 saturated carbocycles. The zero-order valence-corrected chi connectivity index (χ0v) is 14.2. The van der Waals surface area contributed by atoms with Crippen molar-refractivity contribution in [2.24, 2.45) is 0 Å². The third kappa shape index (κ3) is 3.83. The number of nitrogens with one attached hydrogen (secondary N) is 1. The van der Waals surface area contributed by atoms with Crippen molar-refractivity contribution in [3.8, 4) is 0 Å². The number of rotatable bonds is 5. The van der Waals surface area contributed by atoms with E-state index in [-0.39, 0.29) is 23.3 Å². The van der Waals surface area contributed by atoms with Gasteiger partial charge < -0.3 is 10.4 Å². The Kier molecular flexibility index (Phi) is 4.76. The Morgan fingerprint density at radius 3 is 2.60 bits per heavy atom. The number of hydrogen-bond acceptors (Lipinski definition) is 5. The van der Waals surface area contributed by atoms with Crippen LogP contribution in [-0.2, 0) is 11.3 Å². The molecular formula is C18H16N2O4S. The second kappa shape index (κ2) is 6.98. The number of carboxylic acid groups (broad SMARTS) is 1. The van der Waals surface area contributed by atoms with E-state index in [0.717, 1.165) is 27.9 Å². The molecule has 0 unspecified atom stereocenters. The standard InChI is InChI=1S/C18H16N2O4S/c1-11-5-7-14(8-6-11)19-15-16(21)20(18(24)25-15)10-12-3-2-4-13(9-12)17(22)23/h2-9,15,19H,10H2,1H3,(H,22,23)/t15-/m0/s1. The lowest BCUT2D eigenvalue weighted by atomic mass is 10.1. The highest BCUT2D eigenvalue weighted by atomic mass is 32.2. The average Bonchev–Trinajstić information content (AvgIpc) is 2.85. The van der Waals surface area contributed by atoms with Crippen molar-refractivity contribution in [3.05, 3.63) is 65.2 Å². The summed E-state index contributed by atoms with van der Waals surface area (Å²) in [5.41, 5.74) is 2.59. The molecule has 7 heteroatoms. The Morgan fingerprint density at radius 2 is 1.92 bits per heavy atom. The van der Waals surface area contributed by atoms with Crippen LogP contribution in [0.15, 0.2) is 48.5 Å². The number of carbonyl (C=O) groups excluding carboxylic acids is 2. The van der Waals surface area contributed by atoms with Crippen molar-refractivity contribution in [3.63, 3.8) is 0 Å². The first-order valence-corrected chi connectivity index (χ1v) is 8.49. The fourth-order valence-electron chi connectivity index (χ4n) is 2.47. The maximum Gasteiger partial charge on any atom is 0.335 e. The van der Waals surface area contributed by atoms with Crippen LogP contribution in [0.1, 0.15) is 21.5 Å². The molecule has 1 heterocycles. The lowest BCUT2D eigenvalue weighted by Crippen LogP contribution is -2.34. The monoisotopic (exact) mass is 356 g/mol. The van der Waals surface area contributed by atoms with E-state index >= 15 is 0 Å². The minimum Gasteiger partial charge on any atom is -0.478 e. The van der Waals surface area contributed by atoms with Crippen LogP contribution in [0.25, 0.3) is 0 Å². The van der Waals surface area contributed by atoms with Crippen LogP contribution >= 0.6 is 11.8 Å². The molecule has 1 saturated heterocycles. The molecule has 2 N–H and O–H groups in total. The number of carboxylic acids is 1. The Labute approximate surface area is 148 Å². The molecule has 2 amide bonds. The summed E-state index contributed by atoms with van der Waals surface area (Å²) in [6.07, 6.45) is 0. The number of anilines is 1. The molecule has 6 nitrogen and oxygen atoms in total. The maximum atomic E-state index is 12.5. The molecule has 1 aliphatic heterocycles. The van der Waals surface area contributed by atoms with Crippen molar-refractivity contribution < 1.29 is 19.5 Å². The van der Waals surface area contributed by atoms with Crippen molar-refractivity contribution in [1.29, 1.82) is 0 Å². The molecule has 0 aliphatic carbocycles. The van der Waals surface area contributed by atoms with Crippen LogP contribution in [0.5, 0.6) is 0 Å². The summed E-state index contributed by atoms with van der Waals surface area (Å²) in [5, 5.41) is 11.1. The molecule has 0 bridgehead atoms. The highest BCUT2D eigenvalue weighted by Crippen LogP contribution is 2.29. The van der Waals surface area contributed by atoms with Crippen LogP contribution in [0.4, 0.5) is 10.5 Å². The van der Waals surface area contributed by atoms with Gasteiger partial charge in [0, 0.05) is 5.69 Å². The van der Waals surface area contributed by atoms with E-state index in [2.05, 4.69) is 5.32 Å². The Balaban J connectivity index is 1.72. The van der Waals surface area contributed by atoms with Crippen molar-refractivity contribution in [2.45, 2.75) is 18.8 Å². The van der Waals surface area contributed by atoms with Crippen LogP contribution in [0.2, 0.25) is 0 Å². The lowest BCUT2D eigenvalue weighted by molar-refractivity contribution is -0.126. The van der Waals surface area contributed by atoms with Gasteiger partial charge in [-0.3, -0.25) is 14.5 Å². The first-order valence-electron chi connectivity index (χ1n) is 7.61. The number of benzene rings is 2. The van der Waals surface area contributed by atoms with E-state index in [1.54, 1.807) is 12.1 Å². The summed E-state index contributed by atoms with van der Waals surface area (Å²) in [4.78, 5) is 36.9. The maximum absolute atomic E-state index is 12.5. The summed E-state index contributed by atoms with van der Waals surface area (Å²) < 4.78 is 0. The molecule has 0 aromatic heterocycles. The number of aryl methyl sites for hydroxylation is 1. The van der Waals surface area contributed by atoms with Gasteiger partial charge in [-0.1, -0.05) is 29.8 Å². The number of nitrogens with zero attached hydrogens (tertiary/aromatic N) is 1. The second-order valence-electron chi connectivity index (χ2n) is 5.70. The zero-order valence-electron chi connectivity index (χ0n) is 13.4. The first kappa shape index (κ1) is 17.0. The third-order valence-electron chi connectivity index (χ3n) is 3.79.